The van der Waals surface area contributed by atoms with E-state index in [1.165, 1.54) is 19.7 Å². The molecule has 0 amide bonds. The van der Waals surface area contributed by atoms with Gasteiger partial charge in [0, 0.05) is 23.5 Å². The lowest BCUT2D eigenvalue weighted by Crippen LogP contribution is -2.58. The first-order chi connectivity index (χ1) is 10.3. The van der Waals surface area contributed by atoms with Crippen LogP contribution in [0.5, 0.6) is 0 Å². The minimum absolute atomic E-state index is 0.00482. The number of carbonyl (C=O) groups is 1. The lowest BCUT2D eigenvalue weighted by atomic mass is 9.82. The van der Waals surface area contributed by atoms with E-state index in [9.17, 15) is 4.79 Å². The molecule has 1 fully saturated rings. The Balaban J connectivity index is 2.10. The number of ether oxygens (including phenoxy) is 1. The van der Waals surface area contributed by atoms with Crippen molar-refractivity contribution in [3.05, 3.63) is 29.6 Å². The summed E-state index contributed by atoms with van der Waals surface area (Å²) >= 11 is 0. The number of rotatable bonds is 4. The van der Waals surface area contributed by atoms with E-state index in [1.807, 2.05) is 0 Å². The van der Waals surface area contributed by atoms with Crippen molar-refractivity contribution in [2.24, 2.45) is 0 Å². The van der Waals surface area contributed by atoms with Crippen LogP contribution in [0.3, 0.4) is 0 Å². The Labute approximate surface area is 132 Å². The van der Waals surface area contributed by atoms with Gasteiger partial charge in [0.05, 0.1) is 19.3 Å². The van der Waals surface area contributed by atoms with E-state index in [2.05, 4.69) is 37.7 Å². The van der Waals surface area contributed by atoms with Gasteiger partial charge in [-0.3, -0.25) is 9.82 Å². The first-order valence-electron chi connectivity index (χ1n) is 7.72. The van der Waals surface area contributed by atoms with Crippen molar-refractivity contribution in [1.29, 1.82) is 0 Å². The van der Waals surface area contributed by atoms with Gasteiger partial charge in [0.1, 0.15) is 0 Å². The van der Waals surface area contributed by atoms with Gasteiger partial charge in [0.15, 0.2) is 0 Å². The number of hydroxylamine groups is 2. The monoisotopic (exact) mass is 306 g/mol. The highest BCUT2D eigenvalue weighted by atomic mass is 16.7. The second-order valence-corrected chi connectivity index (χ2v) is 7.12. The van der Waals surface area contributed by atoms with Gasteiger partial charge in [-0.05, 0) is 58.6 Å². The minimum Gasteiger partial charge on any atom is -0.465 e. The van der Waals surface area contributed by atoms with Crippen LogP contribution in [0.2, 0.25) is 0 Å². The molecular formula is C17H26N2O3. The fourth-order valence-corrected chi connectivity index (χ4v) is 3.26. The maximum atomic E-state index is 11.6. The Morgan fingerprint density at radius 3 is 2.45 bits per heavy atom. The number of hydrogen-bond acceptors (Lipinski definition) is 5. The Morgan fingerprint density at radius 1 is 1.23 bits per heavy atom. The van der Waals surface area contributed by atoms with E-state index in [1.54, 1.807) is 12.3 Å². The summed E-state index contributed by atoms with van der Waals surface area (Å²) in [6.45, 7) is 9.22. The average Bonchev–Trinajstić information content (AvgIpc) is 2.45. The van der Waals surface area contributed by atoms with Crippen LogP contribution in [-0.4, -0.2) is 34.2 Å². The third kappa shape index (κ3) is 3.65. The van der Waals surface area contributed by atoms with E-state index in [0.29, 0.717) is 12.2 Å². The van der Waals surface area contributed by atoms with Crippen LogP contribution in [0, 0.1) is 0 Å². The summed E-state index contributed by atoms with van der Waals surface area (Å²) in [5, 5.41) is 2.11. The Morgan fingerprint density at radius 2 is 1.86 bits per heavy atom. The van der Waals surface area contributed by atoms with Gasteiger partial charge in [-0.1, -0.05) is 0 Å². The summed E-state index contributed by atoms with van der Waals surface area (Å²) in [4.78, 5) is 21.8. The molecule has 1 aliphatic heterocycles. The van der Waals surface area contributed by atoms with Crippen molar-refractivity contribution in [3.63, 3.8) is 0 Å². The molecule has 1 aliphatic rings. The van der Waals surface area contributed by atoms with Crippen LogP contribution in [0.25, 0.3) is 0 Å². The topological polar surface area (TPSA) is 51.7 Å². The highest BCUT2D eigenvalue weighted by Gasteiger charge is 2.42. The van der Waals surface area contributed by atoms with Gasteiger partial charge in [-0.15, -0.1) is 0 Å². The molecule has 0 saturated carbocycles. The molecule has 0 unspecified atom stereocenters. The van der Waals surface area contributed by atoms with Gasteiger partial charge < -0.3 is 4.74 Å². The predicted molar refractivity (Wildman–Crippen MR) is 84.2 cm³/mol. The molecule has 5 nitrogen and oxygen atoms in total. The van der Waals surface area contributed by atoms with Crippen molar-refractivity contribution in [2.75, 3.05) is 7.11 Å². The molecule has 1 aromatic heterocycles. The summed E-state index contributed by atoms with van der Waals surface area (Å²) in [7, 11) is 1.37. The molecule has 1 saturated heterocycles. The van der Waals surface area contributed by atoms with Crippen LogP contribution < -0.4 is 0 Å². The normalized spacial score (nSPS) is 20.6. The quantitative estimate of drug-likeness (QED) is 0.799. The van der Waals surface area contributed by atoms with Crippen LogP contribution in [0.4, 0.5) is 0 Å². The smallest absolute Gasteiger partial charge is 0.339 e. The Hall–Kier alpha value is -1.46. The van der Waals surface area contributed by atoms with E-state index >= 15 is 0 Å². The van der Waals surface area contributed by atoms with Gasteiger partial charge in [-0.25, -0.2) is 4.79 Å². The fraction of sp³-hybridized carbons (Fsp3) is 0.647. The van der Waals surface area contributed by atoms with Crippen molar-refractivity contribution < 1.29 is 14.4 Å². The standard InChI is InChI=1S/C17H26N2O3/c1-16(2)7-6-8-17(3,4)19(16)22-12-13-9-14(11-18-10-13)15(20)21-5/h9-11H,6-8,12H2,1-5H3. The number of hydrogen-bond donors (Lipinski definition) is 0. The van der Waals surface area contributed by atoms with Crippen molar-refractivity contribution in [3.8, 4) is 0 Å². The lowest BCUT2D eigenvalue weighted by molar-refractivity contribution is -0.288. The molecule has 2 rings (SSSR count). The number of nitrogens with zero attached hydrogens (tertiary/aromatic N) is 2. The van der Waals surface area contributed by atoms with Gasteiger partial charge >= 0.3 is 5.97 Å². The van der Waals surface area contributed by atoms with Crippen LogP contribution in [0.1, 0.15) is 62.9 Å². The number of methoxy groups -OCH3 is 1. The zero-order valence-corrected chi connectivity index (χ0v) is 14.2. The number of esters is 1. The SMILES string of the molecule is COC(=O)c1cncc(CON2C(C)(C)CCCC2(C)C)c1. The Bertz CT molecular complexity index is 524. The molecule has 0 bridgehead atoms. The maximum absolute atomic E-state index is 11.6. The number of pyridine rings is 1. The molecule has 2 heterocycles. The second-order valence-electron chi connectivity index (χ2n) is 7.12. The minimum atomic E-state index is -0.381. The third-order valence-electron chi connectivity index (χ3n) is 4.25. The summed E-state index contributed by atoms with van der Waals surface area (Å²) < 4.78 is 4.72. The van der Waals surface area contributed by atoms with Gasteiger partial charge in [0.25, 0.3) is 0 Å². The summed E-state index contributed by atoms with van der Waals surface area (Å²) in [5.74, 6) is -0.381. The predicted octanol–water partition coefficient (Wildman–Crippen LogP) is 3.34. The molecule has 0 spiro atoms. The highest BCUT2D eigenvalue weighted by molar-refractivity contribution is 5.89. The first kappa shape index (κ1) is 16.9. The van der Waals surface area contributed by atoms with Gasteiger partial charge in [-0.2, -0.15) is 5.06 Å². The zero-order valence-electron chi connectivity index (χ0n) is 14.2. The highest BCUT2D eigenvalue weighted by Crippen LogP contribution is 2.38. The summed E-state index contributed by atoms with van der Waals surface area (Å²) in [5.41, 5.74) is 1.30. The van der Waals surface area contributed by atoms with Crippen molar-refractivity contribution in [2.45, 2.75) is 64.6 Å². The third-order valence-corrected chi connectivity index (χ3v) is 4.25. The van der Waals surface area contributed by atoms with E-state index in [4.69, 9.17) is 9.57 Å². The molecule has 0 N–H and O–H groups in total. The molecule has 5 heteroatoms. The molecule has 122 valence electrons. The number of carbonyl (C=O) groups excluding carboxylic acids is 1. The fourth-order valence-electron chi connectivity index (χ4n) is 3.26. The summed E-state index contributed by atoms with van der Waals surface area (Å²) in [6, 6.07) is 1.77. The molecule has 1 aromatic rings. The van der Waals surface area contributed by atoms with Crippen molar-refractivity contribution in [1.82, 2.24) is 10.0 Å². The number of piperidine rings is 1. The zero-order chi connectivity index (χ0) is 16.4. The first-order valence-corrected chi connectivity index (χ1v) is 7.72. The lowest BCUT2D eigenvalue weighted by Gasteiger charge is -2.51. The van der Waals surface area contributed by atoms with Gasteiger partial charge in [0.2, 0.25) is 0 Å². The van der Waals surface area contributed by atoms with E-state index in [0.717, 1.165) is 18.4 Å². The molecule has 0 radical (unpaired) electrons. The van der Waals surface area contributed by atoms with Crippen molar-refractivity contribution >= 4 is 5.97 Å². The average molecular weight is 306 g/mol. The van der Waals surface area contributed by atoms with E-state index < -0.39 is 0 Å². The molecular weight excluding hydrogens is 280 g/mol. The van der Waals surface area contributed by atoms with E-state index in [-0.39, 0.29) is 17.0 Å². The molecule has 0 atom stereocenters. The largest absolute Gasteiger partial charge is 0.465 e. The molecule has 22 heavy (non-hydrogen) atoms. The molecule has 0 aliphatic carbocycles. The number of aromatic nitrogens is 1. The van der Waals surface area contributed by atoms with Crippen LogP contribution in [0.15, 0.2) is 18.5 Å². The maximum Gasteiger partial charge on any atom is 0.339 e. The second kappa shape index (κ2) is 6.34. The molecule has 0 aromatic carbocycles. The van der Waals surface area contributed by atoms with Crippen LogP contribution >= 0.6 is 0 Å². The van der Waals surface area contributed by atoms with Crippen LogP contribution in [-0.2, 0) is 16.2 Å². The Kier molecular flexibility index (Phi) is 4.87. The summed E-state index contributed by atoms with van der Waals surface area (Å²) in [6.07, 6.45) is 6.65.